The van der Waals surface area contributed by atoms with Gasteiger partial charge in [0, 0.05) is 34.9 Å². The van der Waals surface area contributed by atoms with E-state index in [2.05, 4.69) is 9.73 Å². The third-order valence-corrected chi connectivity index (χ3v) is 6.77. The van der Waals surface area contributed by atoms with Gasteiger partial charge in [0.2, 0.25) is 5.91 Å². The van der Waals surface area contributed by atoms with Crippen LogP contribution in [0.1, 0.15) is 43.9 Å². The Kier molecular flexibility index (Phi) is 6.21. The van der Waals surface area contributed by atoms with Gasteiger partial charge in [-0.1, -0.05) is 37.7 Å². The molecule has 6 nitrogen and oxygen atoms in total. The molecule has 0 saturated heterocycles. The number of aliphatic imine (C=N–C) groups is 1. The molecule has 0 bridgehead atoms. The molecule has 2 amide bonds. The van der Waals surface area contributed by atoms with E-state index in [0.29, 0.717) is 47.1 Å². The number of hydrogen-bond acceptors (Lipinski definition) is 5. The third kappa shape index (κ3) is 4.93. The molecule has 0 aliphatic carbocycles. The Morgan fingerprint density at radius 1 is 1.20 bits per heavy atom. The molecule has 2 aliphatic heterocycles. The molecule has 0 saturated carbocycles. The number of halogens is 3. The van der Waals surface area contributed by atoms with Gasteiger partial charge in [-0.15, -0.1) is 13.2 Å². The molecule has 0 spiro atoms. The predicted octanol–water partition coefficient (Wildman–Crippen LogP) is 4.93. The number of fused-ring (bicyclic) bond motifs is 1. The summed E-state index contributed by atoms with van der Waals surface area (Å²) in [6.07, 6.45) is -3.19. The van der Waals surface area contributed by atoms with Crippen molar-refractivity contribution < 1.29 is 32.6 Å². The normalized spacial score (nSPS) is 18.7. The van der Waals surface area contributed by atoms with Crippen molar-refractivity contribution in [3.05, 3.63) is 51.9 Å². The van der Waals surface area contributed by atoms with E-state index in [1.54, 1.807) is 17.9 Å². The maximum absolute atomic E-state index is 13.2. The molecule has 0 atom stereocenters. The molecule has 2 aromatic carbocycles. The van der Waals surface area contributed by atoms with Gasteiger partial charge >= 0.3 is 6.36 Å². The average Bonchev–Trinajstić information content (AvgIpc) is 3.05. The van der Waals surface area contributed by atoms with E-state index < -0.39 is 28.7 Å². The van der Waals surface area contributed by atoms with Crippen LogP contribution in [0.25, 0.3) is 17.2 Å². The Morgan fingerprint density at radius 3 is 2.51 bits per heavy atom. The van der Waals surface area contributed by atoms with Crippen LogP contribution in [0.4, 0.5) is 18.9 Å². The molecule has 0 aromatic heterocycles. The summed E-state index contributed by atoms with van der Waals surface area (Å²) < 4.78 is 44.0. The quantitative estimate of drug-likeness (QED) is 0.553. The third-order valence-electron chi connectivity index (χ3n) is 5.99. The summed E-state index contributed by atoms with van der Waals surface area (Å²) in [5.41, 5.74) is 2.84. The summed E-state index contributed by atoms with van der Waals surface area (Å²) in [4.78, 5) is 29.7. The first-order valence-electron chi connectivity index (χ1n) is 10.8. The Hall–Kier alpha value is -3.27. The molecule has 0 fully saturated rings. The highest BCUT2D eigenvalue weighted by molar-refractivity contribution is 8.18. The predicted molar refractivity (Wildman–Crippen MR) is 127 cm³/mol. The number of ether oxygens (including phenoxy) is 1. The molecule has 35 heavy (non-hydrogen) atoms. The minimum atomic E-state index is -4.92. The first kappa shape index (κ1) is 24.8. The van der Waals surface area contributed by atoms with Crippen LogP contribution in [0.15, 0.2) is 40.2 Å². The van der Waals surface area contributed by atoms with Crippen LogP contribution < -0.4 is 14.7 Å². The van der Waals surface area contributed by atoms with Crippen LogP contribution in [-0.2, 0) is 15.0 Å². The lowest BCUT2D eigenvalue weighted by Crippen LogP contribution is -2.41. The minimum Gasteiger partial charge on any atom is -0.853 e. The van der Waals surface area contributed by atoms with Gasteiger partial charge in [0.1, 0.15) is 5.75 Å². The lowest BCUT2D eigenvalue weighted by atomic mass is 9.75. The van der Waals surface area contributed by atoms with Gasteiger partial charge in [0.25, 0.3) is 5.91 Å². The van der Waals surface area contributed by atoms with Gasteiger partial charge in [-0.05, 0) is 60.4 Å². The lowest BCUT2D eigenvalue weighted by Gasteiger charge is -2.39. The van der Waals surface area contributed by atoms with E-state index in [9.17, 15) is 27.9 Å². The number of alkyl halides is 3. The molecule has 0 unspecified atom stereocenters. The van der Waals surface area contributed by atoms with Gasteiger partial charge in [-0.3, -0.25) is 9.59 Å². The van der Waals surface area contributed by atoms with E-state index in [-0.39, 0.29) is 16.4 Å². The monoisotopic (exact) mass is 503 g/mol. The largest absolute Gasteiger partial charge is 0.853 e. The number of hydrogen-bond donors (Lipinski definition) is 0. The summed E-state index contributed by atoms with van der Waals surface area (Å²) in [5, 5.41) is 10.8. The molecule has 10 heteroatoms. The van der Waals surface area contributed by atoms with Crippen LogP contribution in [0.2, 0.25) is 0 Å². The second-order valence-corrected chi connectivity index (χ2v) is 9.97. The van der Waals surface area contributed by atoms with Crippen LogP contribution in [0.3, 0.4) is 0 Å². The van der Waals surface area contributed by atoms with Crippen molar-refractivity contribution in [1.82, 2.24) is 0 Å². The van der Waals surface area contributed by atoms with Crippen molar-refractivity contribution in [1.29, 1.82) is 0 Å². The minimum absolute atomic E-state index is 0.0600. The highest BCUT2D eigenvalue weighted by Crippen LogP contribution is 2.45. The number of thioether (sulfide) groups is 1. The number of rotatable bonds is 4. The van der Waals surface area contributed by atoms with Crippen molar-refractivity contribution in [2.45, 2.75) is 45.9 Å². The second kappa shape index (κ2) is 8.75. The Labute approximate surface area is 204 Å². The van der Waals surface area contributed by atoms with E-state index >= 15 is 0 Å². The van der Waals surface area contributed by atoms with Crippen molar-refractivity contribution in [2.24, 2.45) is 4.99 Å². The highest BCUT2D eigenvalue weighted by Gasteiger charge is 2.37. The number of nitrogens with zero attached hydrogens (tertiary/aromatic N) is 2. The summed E-state index contributed by atoms with van der Waals surface area (Å²) >= 11 is 0.660. The summed E-state index contributed by atoms with van der Waals surface area (Å²) in [6.45, 7) is 7.97. The number of anilines is 1. The fourth-order valence-electron chi connectivity index (χ4n) is 4.40. The first-order valence-corrected chi connectivity index (χ1v) is 11.7. The molecule has 2 aromatic rings. The van der Waals surface area contributed by atoms with Crippen LogP contribution >= 0.6 is 11.8 Å². The highest BCUT2D eigenvalue weighted by atomic mass is 32.2. The van der Waals surface area contributed by atoms with Crippen LogP contribution in [-0.4, -0.2) is 30.0 Å². The van der Waals surface area contributed by atoms with Crippen LogP contribution in [0, 0.1) is 6.92 Å². The maximum atomic E-state index is 13.2. The van der Waals surface area contributed by atoms with Gasteiger partial charge < -0.3 is 14.7 Å². The number of aryl methyl sites for hydroxylation is 1. The van der Waals surface area contributed by atoms with Gasteiger partial charge in [-0.25, -0.2) is 4.99 Å². The SMILES string of the molecule is CCN1C(=O)CC(C)(C)c2cc(C)c(-c3cc(/C=C4\SC([O-])=NC4=O)ccc3OC(F)(F)F)cc21. The smallest absolute Gasteiger partial charge is 0.573 e. The molecule has 2 aliphatic rings. The average molecular weight is 504 g/mol. The van der Waals surface area contributed by atoms with Gasteiger partial charge in [0.15, 0.2) is 0 Å². The summed E-state index contributed by atoms with van der Waals surface area (Å²) in [7, 11) is 0. The number of benzene rings is 2. The zero-order valence-corrected chi connectivity index (χ0v) is 20.3. The molecule has 4 rings (SSSR count). The Bertz CT molecular complexity index is 1300. The maximum Gasteiger partial charge on any atom is 0.573 e. The zero-order valence-electron chi connectivity index (χ0n) is 19.4. The van der Waals surface area contributed by atoms with Gasteiger partial charge in [0.05, 0.1) is 4.91 Å². The van der Waals surface area contributed by atoms with Crippen molar-refractivity contribution >= 4 is 40.6 Å². The van der Waals surface area contributed by atoms with E-state index in [4.69, 9.17) is 0 Å². The fourth-order valence-corrected chi connectivity index (χ4v) is 5.05. The van der Waals surface area contributed by atoms with Crippen molar-refractivity contribution in [3.63, 3.8) is 0 Å². The number of carbonyl (C=O) groups excluding carboxylic acids is 2. The summed E-state index contributed by atoms with van der Waals surface area (Å²) in [5.74, 6) is -1.17. The standard InChI is InChI=1S/C25H23F3N2O4S/c1-5-30-18-11-15(13(2)8-17(18)24(3,4)12-21(30)31)16-9-14(6-7-19(16)34-25(26,27)28)10-20-22(32)29-23(33)35-20/h6-11H,5,12H2,1-4H3,(H,29,32,33)/p-1/b20-10-. The molecule has 184 valence electrons. The fraction of sp³-hybridized carbons (Fsp3) is 0.320. The first-order chi connectivity index (χ1) is 16.3. The summed E-state index contributed by atoms with van der Waals surface area (Å²) in [6, 6.07) is 7.62. The van der Waals surface area contributed by atoms with E-state index in [1.807, 2.05) is 26.8 Å². The molecular formula is C25H22F3N2O4S-. The number of amides is 2. The molecule has 0 radical (unpaired) electrons. The van der Waals surface area contributed by atoms with Crippen LogP contribution in [0.5, 0.6) is 5.75 Å². The van der Waals surface area contributed by atoms with E-state index in [0.717, 1.165) is 5.56 Å². The van der Waals surface area contributed by atoms with Crippen molar-refractivity contribution in [2.75, 3.05) is 11.4 Å². The second-order valence-electron chi connectivity index (χ2n) is 8.98. The lowest BCUT2D eigenvalue weighted by molar-refractivity contribution is -0.274. The Balaban J connectivity index is 1.91. The van der Waals surface area contributed by atoms with E-state index in [1.165, 1.54) is 24.3 Å². The topological polar surface area (TPSA) is 82.0 Å². The van der Waals surface area contributed by atoms with Crippen molar-refractivity contribution in [3.8, 4) is 16.9 Å². The zero-order chi connectivity index (χ0) is 25.7. The molecular weight excluding hydrogens is 481 g/mol. The van der Waals surface area contributed by atoms with Gasteiger partial charge in [-0.2, -0.15) is 0 Å². The Morgan fingerprint density at radius 2 is 1.91 bits per heavy atom. The molecule has 0 N–H and O–H groups in total. The molecule has 2 heterocycles. The number of carbonyl (C=O) groups is 2.